The molecule has 0 aliphatic carbocycles. The molecule has 144 valence electrons. The van der Waals surface area contributed by atoms with Crippen LogP contribution in [0.15, 0.2) is 75.1 Å². The lowest BCUT2D eigenvalue weighted by Crippen LogP contribution is -2.35. The molecule has 1 N–H and O–H groups in total. The normalized spacial score (nSPS) is 15.1. The van der Waals surface area contributed by atoms with Crippen molar-refractivity contribution in [3.05, 3.63) is 86.6 Å². The van der Waals surface area contributed by atoms with E-state index in [-0.39, 0.29) is 11.3 Å². The molecule has 29 heavy (non-hydrogen) atoms. The van der Waals surface area contributed by atoms with E-state index in [1.807, 2.05) is 6.07 Å². The largest absolute Gasteiger partial charge is 0.457 e. The molecule has 2 aromatic carbocycles. The first-order chi connectivity index (χ1) is 13.9. The lowest BCUT2D eigenvalue weighted by molar-refractivity contribution is -0.384. The van der Waals surface area contributed by atoms with Gasteiger partial charge < -0.3 is 4.42 Å². The number of halogens is 1. The molecule has 4 rings (SSSR count). The quantitative estimate of drug-likeness (QED) is 0.277. The maximum atomic E-state index is 12.6. The monoisotopic (exact) mass is 453 g/mol. The number of nitro groups is 1. The van der Waals surface area contributed by atoms with Gasteiger partial charge in [-0.1, -0.05) is 18.2 Å². The van der Waals surface area contributed by atoms with Crippen LogP contribution in [0.25, 0.3) is 17.4 Å². The molecule has 0 saturated carbocycles. The van der Waals surface area contributed by atoms with Gasteiger partial charge in [0, 0.05) is 22.2 Å². The van der Waals surface area contributed by atoms with Crippen LogP contribution in [-0.4, -0.2) is 16.7 Å². The Morgan fingerprint density at radius 2 is 1.83 bits per heavy atom. The van der Waals surface area contributed by atoms with Crippen molar-refractivity contribution in [2.45, 2.75) is 0 Å². The highest BCUT2D eigenvalue weighted by Gasteiger charge is 2.34. The number of para-hydroxylation sites is 1. The van der Waals surface area contributed by atoms with Crippen molar-refractivity contribution in [2.75, 3.05) is 5.01 Å². The van der Waals surface area contributed by atoms with Crippen LogP contribution in [-0.2, 0) is 9.59 Å². The number of nitro benzene ring substituents is 1. The first-order valence-electron chi connectivity index (χ1n) is 8.40. The van der Waals surface area contributed by atoms with Gasteiger partial charge in [0.05, 0.1) is 10.6 Å². The van der Waals surface area contributed by atoms with Crippen molar-refractivity contribution in [1.29, 1.82) is 0 Å². The summed E-state index contributed by atoms with van der Waals surface area (Å²) in [6, 6.07) is 16.3. The van der Waals surface area contributed by atoms with Crippen LogP contribution < -0.4 is 10.4 Å². The van der Waals surface area contributed by atoms with Crippen molar-refractivity contribution in [3.8, 4) is 11.3 Å². The Morgan fingerprint density at radius 3 is 2.52 bits per heavy atom. The van der Waals surface area contributed by atoms with Gasteiger partial charge in [-0.15, -0.1) is 0 Å². The van der Waals surface area contributed by atoms with Gasteiger partial charge in [-0.3, -0.25) is 25.1 Å². The molecule has 1 aromatic heterocycles. The lowest BCUT2D eigenvalue weighted by Gasteiger charge is -2.13. The van der Waals surface area contributed by atoms with Crippen LogP contribution in [0.2, 0.25) is 0 Å². The van der Waals surface area contributed by atoms with Gasteiger partial charge in [0.1, 0.15) is 17.1 Å². The summed E-state index contributed by atoms with van der Waals surface area (Å²) in [6.45, 7) is 0. The van der Waals surface area contributed by atoms with E-state index in [1.54, 1.807) is 42.5 Å². The van der Waals surface area contributed by atoms with E-state index in [4.69, 9.17) is 4.42 Å². The minimum atomic E-state index is -0.534. The highest BCUT2D eigenvalue weighted by Crippen LogP contribution is 2.33. The third-order valence-electron chi connectivity index (χ3n) is 4.25. The van der Waals surface area contributed by atoms with Gasteiger partial charge in [-0.25, -0.2) is 5.01 Å². The summed E-state index contributed by atoms with van der Waals surface area (Å²) >= 11 is 3.30. The molecule has 0 spiro atoms. The molecular formula is C20H12BrN3O5. The average Bonchev–Trinajstić information content (AvgIpc) is 3.28. The highest BCUT2D eigenvalue weighted by molar-refractivity contribution is 9.10. The molecular weight excluding hydrogens is 442 g/mol. The van der Waals surface area contributed by atoms with Gasteiger partial charge in [0.2, 0.25) is 0 Å². The summed E-state index contributed by atoms with van der Waals surface area (Å²) in [7, 11) is 0. The van der Waals surface area contributed by atoms with E-state index in [0.29, 0.717) is 27.2 Å². The van der Waals surface area contributed by atoms with Crippen molar-refractivity contribution < 1.29 is 18.9 Å². The minimum absolute atomic E-state index is 0.0521. The fourth-order valence-electron chi connectivity index (χ4n) is 2.85. The van der Waals surface area contributed by atoms with Crippen LogP contribution >= 0.6 is 15.9 Å². The van der Waals surface area contributed by atoms with Crippen molar-refractivity contribution in [3.63, 3.8) is 0 Å². The maximum absolute atomic E-state index is 12.6. The zero-order valence-electron chi connectivity index (χ0n) is 14.7. The molecule has 3 aromatic rings. The number of nitrogens with zero attached hydrogens (tertiary/aromatic N) is 2. The molecule has 1 saturated heterocycles. The van der Waals surface area contributed by atoms with Crippen LogP contribution in [0, 0.1) is 10.1 Å². The van der Waals surface area contributed by atoms with Crippen LogP contribution in [0.5, 0.6) is 0 Å². The summed E-state index contributed by atoms with van der Waals surface area (Å²) in [6.07, 6.45) is 1.36. The molecule has 9 heteroatoms. The fourth-order valence-corrected chi connectivity index (χ4v) is 3.41. The number of hydrogen-bond acceptors (Lipinski definition) is 5. The van der Waals surface area contributed by atoms with E-state index in [1.165, 1.54) is 23.2 Å². The molecule has 0 atom stereocenters. The second kappa shape index (κ2) is 7.36. The number of benzene rings is 2. The third kappa shape index (κ3) is 3.55. The molecule has 2 heterocycles. The number of carbonyl (C=O) groups excluding carboxylic acids is 2. The average molecular weight is 454 g/mol. The third-order valence-corrected chi connectivity index (χ3v) is 4.90. The number of anilines is 1. The molecule has 1 aliphatic heterocycles. The number of nitrogens with one attached hydrogen (secondary N) is 1. The Morgan fingerprint density at radius 1 is 1.07 bits per heavy atom. The van der Waals surface area contributed by atoms with E-state index >= 15 is 0 Å². The van der Waals surface area contributed by atoms with E-state index in [9.17, 15) is 19.7 Å². The van der Waals surface area contributed by atoms with Gasteiger partial charge in [0.15, 0.2) is 0 Å². The predicted molar refractivity (Wildman–Crippen MR) is 109 cm³/mol. The Kier molecular flexibility index (Phi) is 4.73. The predicted octanol–water partition coefficient (Wildman–Crippen LogP) is 4.08. The standard InChI is InChI=1S/C20H12BrN3O5/c21-17-10-13(24(27)28)6-8-15(17)18-9-7-14(29-18)11-16-19(25)22-23(20(16)26)12-4-2-1-3-5-12/h1-11H,(H,22,25)/b16-11-. The number of amides is 2. The fraction of sp³-hybridized carbons (Fsp3) is 0. The van der Waals surface area contributed by atoms with Gasteiger partial charge in [0.25, 0.3) is 17.5 Å². The summed E-state index contributed by atoms with van der Waals surface area (Å²) < 4.78 is 6.21. The molecule has 0 radical (unpaired) electrons. The Labute approximate surface area is 172 Å². The van der Waals surface area contributed by atoms with Crippen molar-refractivity contribution in [1.82, 2.24) is 5.43 Å². The van der Waals surface area contributed by atoms with E-state index in [2.05, 4.69) is 21.4 Å². The first-order valence-corrected chi connectivity index (χ1v) is 9.19. The SMILES string of the molecule is O=C1NN(c2ccccc2)C(=O)/C1=C\c1ccc(-c2ccc([N+](=O)[O-])cc2Br)o1. The molecule has 0 bridgehead atoms. The van der Waals surface area contributed by atoms with Crippen LogP contribution in [0.4, 0.5) is 11.4 Å². The van der Waals surface area contributed by atoms with Gasteiger partial charge >= 0.3 is 0 Å². The number of non-ortho nitro benzene ring substituents is 1. The number of hydrogen-bond donors (Lipinski definition) is 1. The van der Waals surface area contributed by atoms with Gasteiger partial charge in [-0.2, -0.15) is 0 Å². The second-order valence-electron chi connectivity index (χ2n) is 6.10. The molecule has 1 aliphatic rings. The van der Waals surface area contributed by atoms with Crippen LogP contribution in [0.3, 0.4) is 0 Å². The summed E-state index contributed by atoms with van der Waals surface area (Å²) in [5.74, 6) is -0.285. The topological polar surface area (TPSA) is 106 Å². The number of hydrazine groups is 1. The number of carbonyl (C=O) groups is 2. The zero-order valence-corrected chi connectivity index (χ0v) is 16.3. The first kappa shape index (κ1) is 18.6. The lowest BCUT2D eigenvalue weighted by atomic mass is 10.1. The molecule has 8 nitrogen and oxygen atoms in total. The maximum Gasteiger partial charge on any atom is 0.282 e. The van der Waals surface area contributed by atoms with E-state index < -0.39 is 16.7 Å². The highest BCUT2D eigenvalue weighted by atomic mass is 79.9. The zero-order chi connectivity index (χ0) is 20.5. The van der Waals surface area contributed by atoms with E-state index in [0.717, 1.165) is 0 Å². The molecule has 2 amide bonds. The molecule has 0 unspecified atom stereocenters. The Balaban J connectivity index is 1.62. The number of rotatable bonds is 4. The number of furan rings is 1. The Hall–Kier alpha value is -3.72. The van der Waals surface area contributed by atoms with Gasteiger partial charge in [-0.05, 0) is 52.3 Å². The second-order valence-corrected chi connectivity index (χ2v) is 6.95. The van der Waals surface area contributed by atoms with Crippen molar-refractivity contribution >= 4 is 45.2 Å². The van der Waals surface area contributed by atoms with Crippen LogP contribution in [0.1, 0.15) is 5.76 Å². The minimum Gasteiger partial charge on any atom is -0.457 e. The van der Waals surface area contributed by atoms with Crippen molar-refractivity contribution in [2.24, 2.45) is 0 Å². The summed E-state index contributed by atoms with van der Waals surface area (Å²) in [5.41, 5.74) is 3.56. The Bertz CT molecular complexity index is 1170. The molecule has 1 fully saturated rings. The smallest absolute Gasteiger partial charge is 0.282 e. The summed E-state index contributed by atoms with van der Waals surface area (Å²) in [5, 5.41) is 12.0. The summed E-state index contributed by atoms with van der Waals surface area (Å²) in [4.78, 5) is 35.2.